The number of hydrogen-bond donors (Lipinski definition) is 0. The van der Waals surface area contributed by atoms with Crippen LogP contribution in [0, 0.1) is 99.8 Å². The largest absolute Gasteiger partial charge is 0.0625 e. The molecule has 3 saturated carbocycles. The average Bonchev–Trinajstić information content (AvgIpc) is 3.72. The molecule has 342 valence electrons. The Labute approximate surface area is 385 Å². The molecule has 62 heavy (non-hydrogen) atoms. The fourth-order valence-electron chi connectivity index (χ4n) is 8.07. The average molecular weight is 839 g/mol. The van der Waals surface area contributed by atoms with Crippen LogP contribution >= 0.6 is 0 Å². The van der Waals surface area contributed by atoms with E-state index >= 15 is 0 Å². The van der Waals surface area contributed by atoms with Crippen molar-refractivity contribution >= 4 is 0 Å². The highest BCUT2D eigenvalue weighted by Crippen LogP contribution is 2.27. The van der Waals surface area contributed by atoms with Gasteiger partial charge in [0, 0.05) is 0 Å². The number of rotatable bonds is 0. The SMILES string of the molecule is CC1CCCC(C)C1.CC1CCCC1.CC1CCCCC1.Cc1cc(C)c(C)c(C)c1.Cc1ccc(C)cc1.Cc1cccc(C)c1.Cc1ccccc1.Cc1ccccc1C. The van der Waals surface area contributed by atoms with Crippen LogP contribution in [0.5, 0.6) is 0 Å². The van der Waals surface area contributed by atoms with Crippen LogP contribution in [0.1, 0.15) is 172 Å². The van der Waals surface area contributed by atoms with E-state index in [1.54, 1.807) is 0 Å². The van der Waals surface area contributed by atoms with E-state index in [9.17, 15) is 0 Å². The van der Waals surface area contributed by atoms with Crippen LogP contribution in [0.15, 0.2) is 115 Å². The van der Waals surface area contributed by atoms with Crippen LogP contribution in [0.2, 0.25) is 0 Å². The summed E-state index contributed by atoms with van der Waals surface area (Å²) in [6, 6.07) is 40.0. The fraction of sp³-hybridized carbons (Fsp3) is 0.516. The molecule has 8 rings (SSSR count). The first-order valence-electron chi connectivity index (χ1n) is 24.6. The standard InChI is InChI=1S/C10H14.C8H10.C8H16.2C8H10.C7H14.C7H8.C6H12/c1-7-5-8(2)10(4)9(3)6-7;1-7-3-5-8(2)6-4-7;2*1-7-4-3-5-8(2)6-7;1-7-5-3-4-6-8(7)2;2*1-7-5-3-2-4-6-7;1-6-4-2-3-5-6/h5-6H,1-4H3;3-6H,1-2H3;7-8H,3-6H2,1-2H3;2*3-6H,1-2H3;7H,2-6H2,1H3;2-6H,1H3;6H,2-5H2,1H3. The van der Waals surface area contributed by atoms with Crippen molar-refractivity contribution in [2.45, 2.75) is 187 Å². The Morgan fingerprint density at radius 2 is 0.613 bits per heavy atom. The predicted octanol–water partition coefficient (Wildman–Crippen LogP) is 19.4. The van der Waals surface area contributed by atoms with Crippen molar-refractivity contribution < 1.29 is 0 Å². The Morgan fingerprint density at radius 3 is 0.871 bits per heavy atom. The van der Waals surface area contributed by atoms with E-state index in [-0.39, 0.29) is 0 Å². The zero-order chi connectivity index (χ0) is 46.3. The predicted molar refractivity (Wildman–Crippen MR) is 281 cm³/mol. The topological polar surface area (TPSA) is 0 Å². The molecular formula is C62H94. The van der Waals surface area contributed by atoms with Crippen molar-refractivity contribution in [3.63, 3.8) is 0 Å². The van der Waals surface area contributed by atoms with Gasteiger partial charge in [-0.2, -0.15) is 0 Å². The molecular weight excluding hydrogens is 745 g/mol. The molecule has 0 heterocycles. The zero-order valence-electron chi connectivity index (χ0n) is 43.0. The van der Waals surface area contributed by atoms with Gasteiger partial charge >= 0.3 is 0 Å². The van der Waals surface area contributed by atoms with Crippen LogP contribution in [0.4, 0.5) is 0 Å². The lowest BCUT2D eigenvalue weighted by atomic mass is 9.84. The van der Waals surface area contributed by atoms with Crippen LogP contribution in [-0.2, 0) is 0 Å². The number of benzene rings is 5. The highest BCUT2D eigenvalue weighted by Gasteiger charge is 2.13. The third-order valence-electron chi connectivity index (χ3n) is 12.6. The van der Waals surface area contributed by atoms with Gasteiger partial charge < -0.3 is 0 Å². The van der Waals surface area contributed by atoms with Gasteiger partial charge in [0.15, 0.2) is 0 Å². The lowest BCUT2D eigenvalue weighted by Crippen LogP contribution is -2.09. The van der Waals surface area contributed by atoms with Gasteiger partial charge in [-0.05, 0) is 134 Å². The minimum atomic E-state index is 1.01. The minimum absolute atomic E-state index is 1.01. The molecule has 2 unspecified atom stereocenters. The Morgan fingerprint density at radius 1 is 0.274 bits per heavy atom. The van der Waals surface area contributed by atoms with Crippen molar-refractivity contribution in [2.24, 2.45) is 23.7 Å². The molecule has 5 aromatic rings. The van der Waals surface area contributed by atoms with Gasteiger partial charge in [0.05, 0.1) is 0 Å². The molecule has 0 heteroatoms. The summed E-state index contributed by atoms with van der Waals surface area (Å²) in [7, 11) is 0. The molecule has 0 radical (unpaired) electrons. The molecule has 0 amide bonds. The van der Waals surface area contributed by atoms with Gasteiger partial charge in [-0.25, -0.2) is 0 Å². The van der Waals surface area contributed by atoms with Crippen molar-refractivity contribution in [1.82, 2.24) is 0 Å². The van der Waals surface area contributed by atoms with Gasteiger partial charge in [-0.3, -0.25) is 0 Å². The molecule has 3 aliphatic carbocycles. The van der Waals surface area contributed by atoms with E-state index in [4.69, 9.17) is 0 Å². The smallest absolute Gasteiger partial charge is 0.0392 e. The van der Waals surface area contributed by atoms with Crippen molar-refractivity contribution in [3.05, 3.63) is 176 Å². The highest BCUT2D eigenvalue weighted by atomic mass is 14.2. The summed E-state index contributed by atoms with van der Waals surface area (Å²) < 4.78 is 0. The molecule has 2 atom stereocenters. The van der Waals surface area contributed by atoms with Crippen molar-refractivity contribution in [2.75, 3.05) is 0 Å². The van der Waals surface area contributed by atoms with E-state index in [0.717, 1.165) is 23.7 Å². The first-order valence-corrected chi connectivity index (χ1v) is 24.6. The van der Waals surface area contributed by atoms with Gasteiger partial charge in [-0.15, -0.1) is 0 Å². The molecule has 0 N–H and O–H groups in total. The maximum Gasteiger partial charge on any atom is -0.0392 e. The monoisotopic (exact) mass is 839 g/mol. The molecule has 0 spiro atoms. The maximum absolute atomic E-state index is 2.37. The fourth-order valence-corrected chi connectivity index (χ4v) is 8.07. The molecule has 0 nitrogen and oxygen atoms in total. The van der Waals surface area contributed by atoms with E-state index in [2.05, 4.69) is 201 Å². The van der Waals surface area contributed by atoms with E-state index < -0.39 is 0 Å². The highest BCUT2D eigenvalue weighted by molar-refractivity contribution is 5.36. The summed E-state index contributed by atoms with van der Waals surface area (Å²) >= 11 is 0. The van der Waals surface area contributed by atoms with Gasteiger partial charge in [0.1, 0.15) is 0 Å². The third kappa shape index (κ3) is 29.4. The first kappa shape index (κ1) is 56.1. The summed E-state index contributed by atoms with van der Waals surface area (Å²) in [5.41, 5.74) is 15.0. The molecule has 3 aliphatic rings. The summed E-state index contributed by atoms with van der Waals surface area (Å²) in [6.07, 6.45) is 19.3. The molecule has 3 fully saturated rings. The van der Waals surface area contributed by atoms with Gasteiger partial charge in [0.2, 0.25) is 0 Å². The minimum Gasteiger partial charge on any atom is -0.0625 e. The Kier molecular flexibility index (Phi) is 30.4. The summed E-state index contributed by atoms with van der Waals surface area (Å²) in [4.78, 5) is 0. The second kappa shape index (κ2) is 33.6. The lowest BCUT2D eigenvalue weighted by molar-refractivity contribution is 0.301. The summed E-state index contributed by atoms with van der Waals surface area (Å²) in [6.45, 7) is 32.8. The number of aryl methyl sites for hydroxylation is 10. The third-order valence-corrected chi connectivity index (χ3v) is 12.6. The maximum atomic E-state index is 2.37. The normalized spacial score (nSPS) is 16.6. The molecule has 0 saturated heterocycles. The van der Waals surface area contributed by atoms with Gasteiger partial charge in [0.25, 0.3) is 0 Å². The van der Waals surface area contributed by atoms with Crippen molar-refractivity contribution in [1.29, 1.82) is 0 Å². The molecule has 0 aromatic heterocycles. The van der Waals surface area contributed by atoms with Crippen molar-refractivity contribution in [3.8, 4) is 0 Å². The molecule has 5 aromatic carbocycles. The Bertz CT molecular complexity index is 1720. The molecule has 0 bridgehead atoms. The van der Waals surface area contributed by atoms with E-state index in [1.807, 2.05) is 18.2 Å². The summed E-state index contributed by atoms with van der Waals surface area (Å²) in [5, 5.41) is 0. The Hall–Kier alpha value is -3.90. The summed E-state index contributed by atoms with van der Waals surface area (Å²) in [5.74, 6) is 4.11. The lowest BCUT2D eigenvalue weighted by Gasteiger charge is -2.22. The first-order chi connectivity index (χ1) is 29.5. The van der Waals surface area contributed by atoms with Crippen LogP contribution < -0.4 is 0 Å². The second-order valence-corrected chi connectivity index (χ2v) is 19.6. The van der Waals surface area contributed by atoms with Crippen LogP contribution in [0.25, 0.3) is 0 Å². The number of hydrogen-bond acceptors (Lipinski definition) is 0. The van der Waals surface area contributed by atoms with Gasteiger partial charge in [-0.1, -0.05) is 253 Å². The van der Waals surface area contributed by atoms with Crippen LogP contribution in [0.3, 0.4) is 0 Å². The second-order valence-electron chi connectivity index (χ2n) is 19.6. The van der Waals surface area contributed by atoms with E-state index in [1.165, 1.54) is 145 Å². The molecule has 0 aliphatic heterocycles. The van der Waals surface area contributed by atoms with E-state index in [0.29, 0.717) is 0 Å². The Balaban J connectivity index is 0.000000355. The quantitative estimate of drug-likeness (QED) is 0.146. The zero-order valence-corrected chi connectivity index (χ0v) is 43.0. The van der Waals surface area contributed by atoms with Crippen LogP contribution in [-0.4, -0.2) is 0 Å².